The van der Waals surface area contributed by atoms with E-state index >= 15 is 0 Å². The number of hydrogen-bond acceptors (Lipinski definition) is 4. The number of nitrogens with one attached hydrogen (secondary N) is 1. The zero-order valence-corrected chi connectivity index (χ0v) is 11.8. The van der Waals surface area contributed by atoms with Gasteiger partial charge in [-0.3, -0.25) is 0 Å². The Morgan fingerprint density at radius 3 is 2.56 bits per heavy atom. The number of aliphatic hydroxyl groups excluding tert-OH is 1. The van der Waals surface area contributed by atoms with Gasteiger partial charge in [-0.2, -0.15) is 0 Å². The first-order chi connectivity index (χ1) is 8.65. The summed E-state index contributed by atoms with van der Waals surface area (Å²) in [5, 5.41) is 13.4. The molecule has 4 heteroatoms. The second kappa shape index (κ2) is 6.85. The molecule has 0 aromatic rings. The van der Waals surface area contributed by atoms with Crippen LogP contribution in [0.25, 0.3) is 0 Å². The molecular formula is C14H28N2O2. The molecule has 0 radical (unpaired) electrons. The van der Waals surface area contributed by atoms with Crippen molar-refractivity contribution in [1.82, 2.24) is 10.2 Å². The maximum Gasteiger partial charge on any atom is 0.0897 e. The summed E-state index contributed by atoms with van der Waals surface area (Å²) in [6, 6.07) is 0.576. The molecular weight excluding hydrogens is 228 g/mol. The lowest BCUT2D eigenvalue weighted by molar-refractivity contribution is 0.0165. The minimum atomic E-state index is -0.376. The number of piperidine rings is 3. The minimum Gasteiger partial charge on any atom is -0.389 e. The van der Waals surface area contributed by atoms with E-state index in [1.807, 2.05) is 0 Å². The Kier molecular flexibility index (Phi) is 5.42. The number of ether oxygens (including phenoxy) is 1. The molecule has 106 valence electrons. The van der Waals surface area contributed by atoms with Crippen LogP contribution in [0.3, 0.4) is 0 Å². The van der Waals surface area contributed by atoms with Crippen LogP contribution in [0.15, 0.2) is 0 Å². The topological polar surface area (TPSA) is 44.7 Å². The maximum atomic E-state index is 9.86. The third-order valence-electron chi connectivity index (χ3n) is 4.03. The van der Waals surface area contributed by atoms with Gasteiger partial charge in [0.2, 0.25) is 0 Å². The van der Waals surface area contributed by atoms with Gasteiger partial charge in [0, 0.05) is 25.7 Å². The van der Waals surface area contributed by atoms with Gasteiger partial charge in [-0.15, -0.1) is 0 Å². The van der Waals surface area contributed by atoms with E-state index in [-0.39, 0.29) is 6.10 Å². The summed E-state index contributed by atoms with van der Waals surface area (Å²) in [5.74, 6) is 1.35. The SMILES string of the molecule is CC(C)COCC(O)CNC1CN2CCC1CC2. The summed E-state index contributed by atoms with van der Waals surface area (Å²) in [6.07, 6.45) is 2.26. The first-order valence-corrected chi connectivity index (χ1v) is 7.36. The van der Waals surface area contributed by atoms with Crippen molar-refractivity contribution in [2.45, 2.75) is 38.8 Å². The molecule has 2 bridgehead atoms. The van der Waals surface area contributed by atoms with Gasteiger partial charge in [-0.1, -0.05) is 13.8 Å². The zero-order chi connectivity index (χ0) is 13.0. The molecule has 2 unspecified atom stereocenters. The summed E-state index contributed by atoms with van der Waals surface area (Å²) < 4.78 is 5.46. The van der Waals surface area contributed by atoms with Crippen molar-refractivity contribution in [1.29, 1.82) is 0 Å². The van der Waals surface area contributed by atoms with Crippen LogP contribution in [0.4, 0.5) is 0 Å². The first kappa shape index (κ1) is 14.3. The third-order valence-corrected chi connectivity index (χ3v) is 4.03. The van der Waals surface area contributed by atoms with Crippen LogP contribution in [0.1, 0.15) is 26.7 Å². The van der Waals surface area contributed by atoms with Crippen LogP contribution in [-0.2, 0) is 4.74 Å². The number of hydrogen-bond donors (Lipinski definition) is 2. The lowest BCUT2D eigenvalue weighted by Crippen LogP contribution is -2.57. The van der Waals surface area contributed by atoms with Crippen molar-refractivity contribution in [3.8, 4) is 0 Å². The fourth-order valence-electron chi connectivity index (χ4n) is 2.98. The third kappa shape index (κ3) is 4.19. The lowest BCUT2D eigenvalue weighted by atomic mass is 9.84. The van der Waals surface area contributed by atoms with Crippen LogP contribution in [-0.4, -0.2) is 61.5 Å². The van der Waals surface area contributed by atoms with E-state index < -0.39 is 0 Å². The van der Waals surface area contributed by atoms with Gasteiger partial charge in [0.15, 0.2) is 0 Å². The Hall–Kier alpha value is -0.160. The van der Waals surface area contributed by atoms with E-state index in [2.05, 4.69) is 24.1 Å². The normalized spacial score (nSPS) is 33.0. The highest BCUT2D eigenvalue weighted by Gasteiger charge is 2.33. The van der Waals surface area contributed by atoms with E-state index in [0.29, 0.717) is 25.1 Å². The number of nitrogens with zero attached hydrogens (tertiary/aromatic N) is 1. The van der Waals surface area contributed by atoms with Crippen LogP contribution < -0.4 is 5.32 Å². The van der Waals surface area contributed by atoms with Gasteiger partial charge in [-0.05, 0) is 37.8 Å². The van der Waals surface area contributed by atoms with Crippen molar-refractivity contribution >= 4 is 0 Å². The van der Waals surface area contributed by atoms with E-state index in [1.165, 1.54) is 25.9 Å². The number of aliphatic hydroxyl groups is 1. The lowest BCUT2D eigenvalue weighted by Gasteiger charge is -2.45. The largest absolute Gasteiger partial charge is 0.389 e. The minimum absolute atomic E-state index is 0.376. The van der Waals surface area contributed by atoms with Crippen molar-refractivity contribution in [2.24, 2.45) is 11.8 Å². The highest BCUT2D eigenvalue weighted by Crippen LogP contribution is 2.27. The maximum absolute atomic E-state index is 9.86. The highest BCUT2D eigenvalue weighted by atomic mass is 16.5. The Balaban J connectivity index is 1.59. The quantitative estimate of drug-likeness (QED) is 0.704. The monoisotopic (exact) mass is 256 g/mol. The number of fused-ring (bicyclic) bond motifs is 3. The molecule has 0 aromatic carbocycles. The Morgan fingerprint density at radius 2 is 2.00 bits per heavy atom. The van der Waals surface area contributed by atoms with Gasteiger partial charge >= 0.3 is 0 Å². The molecule has 3 saturated heterocycles. The molecule has 0 aromatic heterocycles. The molecule has 18 heavy (non-hydrogen) atoms. The van der Waals surface area contributed by atoms with Crippen LogP contribution in [0.5, 0.6) is 0 Å². The van der Waals surface area contributed by atoms with Crippen molar-refractivity contribution in [2.75, 3.05) is 39.4 Å². The van der Waals surface area contributed by atoms with Gasteiger partial charge in [0.1, 0.15) is 0 Å². The summed E-state index contributed by atoms with van der Waals surface area (Å²) in [5.41, 5.74) is 0. The predicted molar refractivity (Wildman–Crippen MR) is 72.6 cm³/mol. The average Bonchev–Trinajstić information content (AvgIpc) is 2.37. The van der Waals surface area contributed by atoms with Gasteiger partial charge in [0.05, 0.1) is 12.7 Å². The molecule has 3 aliphatic heterocycles. The van der Waals surface area contributed by atoms with Crippen LogP contribution in [0, 0.1) is 11.8 Å². The standard InChI is InChI=1S/C14H28N2O2/c1-11(2)9-18-10-13(17)7-15-14-8-16-5-3-12(14)4-6-16/h11-15,17H,3-10H2,1-2H3. The van der Waals surface area contributed by atoms with Crippen molar-refractivity contribution in [3.63, 3.8) is 0 Å². The van der Waals surface area contributed by atoms with Crippen molar-refractivity contribution < 1.29 is 9.84 Å². The van der Waals surface area contributed by atoms with E-state index in [0.717, 1.165) is 19.1 Å². The summed E-state index contributed by atoms with van der Waals surface area (Å²) >= 11 is 0. The summed E-state index contributed by atoms with van der Waals surface area (Å²) in [4.78, 5) is 2.53. The molecule has 3 heterocycles. The zero-order valence-electron chi connectivity index (χ0n) is 11.8. The smallest absolute Gasteiger partial charge is 0.0897 e. The van der Waals surface area contributed by atoms with Gasteiger partial charge in [0.25, 0.3) is 0 Å². The summed E-state index contributed by atoms with van der Waals surface area (Å²) in [7, 11) is 0. The van der Waals surface area contributed by atoms with E-state index in [9.17, 15) is 5.11 Å². The second-order valence-corrected chi connectivity index (χ2v) is 6.24. The molecule has 3 fully saturated rings. The Morgan fingerprint density at radius 1 is 1.28 bits per heavy atom. The Labute approximate surface area is 111 Å². The molecule has 3 aliphatic rings. The highest BCUT2D eigenvalue weighted by molar-refractivity contribution is 4.91. The van der Waals surface area contributed by atoms with Crippen LogP contribution in [0.2, 0.25) is 0 Å². The number of rotatable bonds is 7. The Bertz CT molecular complexity index is 240. The van der Waals surface area contributed by atoms with Gasteiger partial charge in [-0.25, -0.2) is 0 Å². The molecule has 2 N–H and O–H groups in total. The average molecular weight is 256 g/mol. The van der Waals surface area contributed by atoms with E-state index in [4.69, 9.17) is 4.74 Å². The predicted octanol–water partition coefficient (Wildman–Crippen LogP) is 0.704. The molecule has 0 spiro atoms. The molecule has 4 nitrogen and oxygen atoms in total. The van der Waals surface area contributed by atoms with Crippen molar-refractivity contribution in [3.05, 3.63) is 0 Å². The molecule has 0 amide bonds. The molecule has 0 saturated carbocycles. The summed E-state index contributed by atoms with van der Waals surface area (Å²) in [6.45, 7) is 9.78. The van der Waals surface area contributed by atoms with E-state index in [1.54, 1.807) is 0 Å². The molecule has 2 atom stereocenters. The van der Waals surface area contributed by atoms with Crippen LogP contribution >= 0.6 is 0 Å². The fourth-order valence-corrected chi connectivity index (χ4v) is 2.98. The van der Waals surface area contributed by atoms with Gasteiger partial charge < -0.3 is 20.1 Å². The second-order valence-electron chi connectivity index (χ2n) is 6.24. The first-order valence-electron chi connectivity index (χ1n) is 7.36. The molecule has 3 rings (SSSR count). The molecule has 0 aliphatic carbocycles. The fraction of sp³-hybridized carbons (Fsp3) is 1.00.